The summed E-state index contributed by atoms with van der Waals surface area (Å²) < 4.78 is 10.2. The molecule has 2 aromatic rings. The molecule has 0 atom stereocenters. The first-order chi connectivity index (χ1) is 10.2. The van der Waals surface area contributed by atoms with Crippen molar-refractivity contribution in [2.24, 2.45) is 0 Å². The summed E-state index contributed by atoms with van der Waals surface area (Å²) in [5.74, 6) is 1.36. The molecule has 0 unspecified atom stereocenters. The number of rotatable bonds is 5. The summed E-state index contributed by atoms with van der Waals surface area (Å²) in [7, 11) is 3.13. The van der Waals surface area contributed by atoms with Gasteiger partial charge in [-0.05, 0) is 35.9 Å². The highest BCUT2D eigenvalue weighted by Crippen LogP contribution is 2.20. The number of ether oxygens (including phenoxy) is 2. The number of nitrogens with zero attached hydrogens (tertiary/aromatic N) is 1. The van der Waals surface area contributed by atoms with Crippen LogP contribution in [0.5, 0.6) is 11.5 Å². The molecule has 1 N–H and O–H groups in total. The minimum absolute atomic E-state index is 0.283. The summed E-state index contributed by atoms with van der Waals surface area (Å²) in [5, 5.41) is 2.67. The van der Waals surface area contributed by atoms with Crippen LogP contribution in [0.25, 0.3) is 6.08 Å². The number of methoxy groups -OCH3 is 2. The van der Waals surface area contributed by atoms with Crippen LogP contribution in [0.2, 0.25) is 0 Å². The van der Waals surface area contributed by atoms with Gasteiger partial charge in [0.1, 0.15) is 5.75 Å². The van der Waals surface area contributed by atoms with E-state index in [-0.39, 0.29) is 5.91 Å². The Morgan fingerprint density at radius 3 is 2.81 bits per heavy atom. The van der Waals surface area contributed by atoms with Crippen LogP contribution in [0, 0.1) is 0 Å². The molecule has 0 saturated carbocycles. The fourth-order valence-electron chi connectivity index (χ4n) is 1.72. The van der Waals surface area contributed by atoms with Gasteiger partial charge >= 0.3 is 0 Å². The van der Waals surface area contributed by atoms with Crippen LogP contribution < -0.4 is 14.8 Å². The third kappa shape index (κ3) is 4.07. The Balaban J connectivity index is 2.05. The number of anilines is 1. The lowest BCUT2D eigenvalue weighted by molar-refractivity contribution is -0.111. The Morgan fingerprint density at radius 1 is 1.19 bits per heavy atom. The van der Waals surface area contributed by atoms with Gasteiger partial charge in [0, 0.05) is 12.3 Å². The van der Waals surface area contributed by atoms with E-state index < -0.39 is 0 Å². The third-order valence-electron chi connectivity index (χ3n) is 2.75. The largest absolute Gasteiger partial charge is 0.497 e. The molecule has 0 aliphatic rings. The van der Waals surface area contributed by atoms with Crippen molar-refractivity contribution in [3.05, 3.63) is 54.2 Å². The molecule has 0 fully saturated rings. The second-order valence-corrected chi connectivity index (χ2v) is 4.15. The van der Waals surface area contributed by atoms with E-state index in [1.165, 1.54) is 13.2 Å². The fourth-order valence-corrected chi connectivity index (χ4v) is 1.72. The van der Waals surface area contributed by atoms with Crippen molar-refractivity contribution < 1.29 is 14.3 Å². The van der Waals surface area contributed by atoms with Crippen LogP contribution >= 0.6 is 0 Å². The molecular weight excluding hydrogens is 268 g/mol. The summed E-state index contributed by atoms with van der Waals surface area (Å²) >= 11 is 0. The van der Waals surface area contributed by atoms with Crippen molar-refractivity contribution in [2.45, 2.75) is 0 Å². The van der Waals surface area contributed by atoms with E-state index in [2.05, 4.69) is 10.3 Å². The Morgan fingerprint density at radius 2 is 2.05 bits per heavy atom. The first-order valence-corrected chi connectivity index (χ1v) is 6.35. The average Bonchev–Trinajstić information content (AvgIpc) is 2.53. The average molecular weight is 284 g/mol. The smallest absolute Gasteiger partial charge is 0.249 e. The number of nitrogens with one attached hydrogen (secondary N) is 1. The van der Waals surface area contributed by atoms with Gasteiger partial charge in [0.05, 0.1) is 14.2 Å². The molecule has 0 aliphatic heterocycles. The number of carbonyl (C=O) groups is 1. The highest BCUT2D eigenvalue weighted by atomic mass is 16.5. The second kappa shape index (κ2) is 7.09. The highest BCUT2D eigenvalue weighted by molar-refractivity contribution is 6.02. The second-order valence-electron chi connectivity index (χ2n) is 4.15. The third-order valence-corrected chi connectivity index (χ3v) is 2.75. The Bertz CT molecular complexity index is 653. The normalized spacial score (nSPS) is 10.4. The summed E-state index contributed by atoms with van der Waals surface area (Å²) in [4.78, 5) is 15.9. The number of amides is 1. The molecule has 0 spiro atoms. The van der Waals surface area contributed by atoms with Crippen molar-refractivity contribution in [3.63, 3.8) is 0 Å². The maximum absolute atomic E-state index is 11.9. The SMILES string of the molecule is COc1cccc(/C=C/C(=O)Nc2ncccc2OC)c1. The van der Waals surface area contributed by atoms with Crippen LogP contribution in [0.1, 0.15) is 5.56 Å². The molecule has 21 heavy (non-hydrogen) atoms. The molecule has 108 valence electrons. The zero-order valence-electron chi connectivity index (χ0n) is 11.9. The Kier molecular flexibility index (Phi) is 4.93. The zero-order chi connectivity index (χ0) is 15.1. The summed E-state index contributed by atoms with van der Waals surface area (Å²) in [6.07, 6.45) is 4.72. The number of hydrogen-bond donors (Lipinski definition) is 1. The van der Waals surface area contributed by atoms with Gasteiger partial charge in [0.2, 0.25) is 5.91 Å². The summed E-state index contributed by atoms with van der Waals surface area (Å²) in [6, 6.07) is 10.9. The molecule has 0 aliphatic carbocycles. The molecule has 1 heterocycles. The summed E-state index contributed by atoms with van der Waals surface area (Å²) in [6.45, 7) is 0. The van der Waals surface area contributed by atoms with E-state index in [0.717, 1.165) is 11.3 Å². The van der Waals surface area contributed by atoms with Crippen LogP contribution in [-0.4, -0.2) is 25.1 Å². The molecule has 5 nitrogen and oxygen atoms in total. The maximum Gasteiger partial charge on any atom is 0.249 e. The minimum Gasteiger partial charge on any atom is -0.497 e. The van der Waals surface area contributed by atoms with Gasteiger partial charge in [-0.2, -0.15) is 0 Å². The number of hydrogen-bond acceptors (Lipinski definition) is 4. The molecular formula is C16H16N2O3. The lowest BCUT2D eigenvalue weighted by Gasteiger charge is -2.06. The predicted octanol–water partition coefficient (Wildman–Crippen LogP) is 2.75. The first-order valence-electron chi connectivity index (χ1n) is 6.35. The maximum atomic E-state index is 11.9. The van der Waals surface area contributed by atoms with Crippen molar-refractivity contribution in [2.75, 3.05) is 19.5 Å². The van der Waals surface area contributed by atoms with Crippen molar-refractivity contribution in [3.8, 4) is 11.5 Å². The van der Waals surface area contributed by atoms with Gasteiger partial charge in [-0.3, -0.25) is 4.79 Å². The van der Waals surface area contributed by atoms with E-state index in [4.69, 9.17) is 9.47 Å². The standard InChI is InChI=1S/C16H16N2O3/c1-20-13-6-3-5-12(11-13)8-9-15(19)18-16-14(21-2)7-4-10-17-16/h3-11H,1-2H3,(H,17,18,19)/b9-8+. The van der Waals surface area contributed by atoms with Gasteiger partial charge in [-0.1, -0.05) is 12.1 Å². The lowest BCUT2D eigenvalue weighted by Crippen LogP contribution is -2.10. The van der Waals surface area contributed by atoms with E-state index in [1.54, 1.807) is 31.5 Å². The van der Waals surface area contributed by atoms with E-state index in [1.807, 2.05) is 24.3 Å². The molecule has 5 heteroatoms. The fraction of sp³-hybridized carbons (Fsp3) is 0.125. The van der Waals surface area contributed by atoms with Crippen LogP contribution in [0.15, 0.2) is 48.7 Å². The molecule has 0 saturated heterocycles. The molecule has 0 radical (unpaired) electrons. The molecule has 1 aromatic carbocycles. The Hall–Kier alpha value is -2.82. The van der Waals surface area contributed by atoms with Crippen molar-refractivity contribution >= 4 is 17.8 Å². The zero-order valence-corrected chi connectivity index (χ0v) is 11.9. The molecule has 0 bridgehead atoms. The minimum atomic E-state index is -0.283. The molecule has 1 aromatic heterocycles. The van der Waals surface area contributed by atoms with E-state index in [9.17, 15) is 4.79 Å². The monoisotopic (exact) mass is 284 g/mol. The van der Waals surface area contributed by atoms with Crippen LogP contribution in [0.4, 0.5) is 5.82 Å². The van der Waals surface area contributed by atoms with Crippen molar-refractivity contribution in [1.29, 1.82) is 0 Å². The molecule has 2 rings (SSSR count). The molecule has 1 amide bonds. The van der Waals surface area contributed by atoms with Crippen LogP contribution in [-0.2, 0) is 4.79 Å². The van der Waals surface area contributed by atoms with Gasteiger partial charge < -0.3 is 14.8 Å². The van der Waals surface area contributed by atoms with Gasteiger partial charge in [-0.25, -0.2) is 4.98 Å². The predicted molar refractivity (Wildman–Crippen MR) is 81.4 cm³/mol. The number of pyridine rings is 1. The van der Waals surface area contributed by atoms with Crippen molar-refractivity contribution in [1.82, 2.24) is 4.98 Å². The number of benzene rings is 1. The van der Waals surface area contributed by atoms with E-state index >= 15 is 0 Å². The van der Waals surface area contributed by atoms with E-state index in [0.29, 0.717) is 11.6 Å². The van der Waals surface area contributed by atoms with Gasteiger partial charge in [0.25, 0.3) is 0 Å². The topological polar surface area (TPSA) is 60.5 Å². The number of carbonyl (C=O) groups excluding carboxylic acids is 1. The van der Waals surface area contributed by atoms with Gasteiger partial charge in [-0.15, -0.1) is 0 Å². The first kappa shape index (κ1) is 14.6. The summed E-state index contributed by atoms with van der Waals surface area (Å²) in [5.41, 5.74) is 0.873. The Labute approximate surface area is 123 Å². The quantitative estimate of drug-likeness (QED) is 0.858. The highest BCUT2D eigenvalue weighted by Gasteiger charge is 2.05. The lowest BCUT2D eigenvalue weighted by atomic mass is 10.2. The van der Waals surface area contributed by atoms with Gasteiger partial charge in [0.15, 0.2) is 11.6 Å². The van der Waals surface area contributed by atoms with Crippen LogP contribution in [0.3, 0.4) is 0 Å². The number of aromatic nitrogens is 1.